The number of amides is 2. The van der Waals surface area contributed by atoms with E-state index in [0.717, 1.165) is 28.1 Å². The smallest absolute Gasteiger partial charge is 0.408 e. The second-order valence-electron chi connectivity index (χ2n) is 10.6. The van der Waals surface area contributed by atoms with Crippen molar-refractivity contribution in [1.82, 2.24) is 10.6 Å². The molecule has 0 aliphatic carbocycles. The number of aliphatic imine (C=N–C) groups is 2. The molecule has 0 bridgehead atoms. The Kier molecular flexibility index (Phi) is 7.45. The molecule has 0 saturated carbocycles. The van der Waals surface area contributed by atoms with Crippen molar-refractivity contribution in [3.8, 4) is 0 Å². The van der Waals surface area contributed by atoms with Crippen molar-refractivity contribution in [2.75, 3.05) is 18.0 Å². The summed E-state index contributed by atoms with van der Waals surface area (Å²) in [5.74, 6) is 0.309. The fourth-order valence-corrected chi connectivity index (χ4v) is 4.78. The normalized spacial score (nSPS) is 17.1. The van der Waals surface area contributed by atoms with Crippen molar-refractivity contribution in [3.63, 3.8) is 0 Å². The van der Waals surface area contributed by atoms with Crippen LogP contribution in [0.3, 0.4) is 0 Å². The minimum atomic E-state index is -0.876. The highest BCUT2D eigenvalue weighted by Crippen LogP contribution is 2.30. The molecule has 3 aromatic rings. The number of carbonyl (C=O) groups excluding carboxylic acids is 2. The quantitative estimate of drug-likeness (QED) is 0.503. The number of nitrogens with one attached hydrogen (secondary N) is 2. The van der Waals surface area contributed by atoms with Crippen LogP contribution in [-0.2, 0) is 16.0 Å². The fourth-order valence-electron chi connectivity index (χ4n) is 4.78. The van der Waals surface area contributed by atoms with Crippen LogP contribution in [0.5, 0.6) is 0 Å². The number of benzene rings is 3. The van der Waals surface area contributed by atoms with Gasteiger partial charge in [0.05, 0.1) is 17.9 Å². The number of alkyl carbamates (subject to hydrolysis) is 1. The number of carbonyl (C=O) groups is 2. The van der Waals surface area contributed by atoms with Crippen molar-refractivity contribution < 1.29 is 14.3 Å². The fraction of sp³-hybridized carbons (Fsp3) is 0.290. The number of ether oxygens (including phenoxy) is 1. The molecule has 2 N–H and O–H groups in total. The van der Waals surface area contributed by atoms with Gasteiger partial charge in [-0.25, -0.2) is 4.79 Å². The molecule has 0 spiro atoms. The second-order valence-corrected chi connectivity index (χ2v) is 10.6. The van der Waals surface area contributed by atoms with Gasteiger partial charge in [-0.2, -0.15) is 0 Å². The van der Waals surface area contributed by atoms with Gasteiger partial charge in [0.25, 0.3) is 0 Å². The molecule has 8 heteroatoms. The number of hydrogen-bond donors (Lipinski definition) is 2. The summed E-state index contributed by atoms with van der Waals surface area (Å²) in [7, 11) is 0. The summed E-state index contributed by atoms with van der Waals surface area (Å²) in [6.45, 7) is 6.66. The van der Waals surface area contributed by atoms with Crippen molar-refractivity contribution >= 4 is 29.2 Å². The van der Waals surface area contributed by atoms with Crippen LogP contribution in [0.1, 0.15) is 37.5 Å². The number of nitrogens with zero attached hydrogens (tertiary/aromatic N) is 3. The molecule has 2 aliphatic rings. The largest absolute Gasteiger partial charge is 0.444 e. The maximum atomic E-state index is 13.8. The van der Waals surface area contributed by atoms with Crippen LogP contribution in [0.4, 0.5) is 10.5 Å². The maximum Gasteiger partial charge on any atom is 0.408 e. The van der Waals surface area contributed by atoms with Gasteiger partial charge in [-0.3, -0.25) is 14.8 Å². The topological polar surface area (TPSA) is 95.4 Å². The third-order valence-electron chi connectivity index (χ3n) is 6.44. The van der Waals surface area contributed by atoms with Crippen LogP contribution in [-0.4, -0.2) is 54.4 Å². The summed E-state index contributed by atoms with van der Waals surface area (Å²) in [5, 5.41) is 5.86. The van der Waals surface area contributed by atoms with Gasteiger partial charge >= 0.3 is 6.09 Å². The summed E-state index contributed by atoms with van der Waals surface area (Å²) in [6.07, 6.45) is -1.09. The molecule has 5 rings (SSSR count). The number of fused-ring (bicyclic) bond motifs is 3. The number of hydrogen-bond acceptors (Lipinski definition) is 6. The molecule has 0 saturated heterocycles. The van der Waals surface area contributed by atoms with E-state index >= 15 is 0 Å². The summed E-state index contributed by atoms with van der Waals surface area (Å²) >= 11 is 0. The summed E-state index contributed by atoms with van der Waals surface area (Å²) in [6, 6.07) is 26.7. The van der Waals surface area contributed by atoms with E-state index in [9.17, 15) is 9.59 Å². The monoisotopic (exact) mass is 523 g/mol. The summed E-state index contributed by atoms with van der Waals surface area (Å²) < 4.78 is 5.46. The van der Waals surface area contributed by atoms with Gasteiger partial charge in [0.1, 0.15) is 17.5 Å². The Morgan fingerprint density at radius 2 is 1.64 bits per heavy atom. The lowest BCUT2D eigenvalue weighted by molar-refractivity contribution is -0.123. The van der Waals surface area contributed by atoms with E-state index in [2.05, 4.69) is 21.6 Å². The molecule has 0 radical (unpaired) electrons. The molecular formula is C31H33N5O3. The van der Waals surface area contributed by atoms with Crippen LogP contribution < -0.4 is 15.5 Å². The lowest BCUT2D eigenvalue weighted by atomic mass is 10.0. The Hall–Kier alpha value is -4.46. The van der Waals surface area contributed by atoms with Crippen LogP contribution >= 0.6 is 0 Å². The van der Waals surface area contributed by atoms with Crippen LogP contribution in [0, 0.1) is 0 Å². The molecule has 2 atom stereocenters. The van der Waals surface area contributed by atoms with Gasteiger partial charge in [-0.15, -0.1) is 0 Å². The van der Waals surface area contributed by atoms with E-state index < -0.39 is 23.9 Å². The molecule has 0 fully saturated rings. The van der Waals surface area contributed by atoms with E-state index in [1.165, 1.54) is 0 Å². The Morgan fingerprint density at radius 1 is 0.974 bits per heavy atom. The van der Waals surface area contributed by atoms with Gasteiger partial charge in [0.2, 0.25) is 5.91 Å². The third-order valence-corrected chi connectivity index (χ3v) is 6.44. The molecule has 2 aliphatic heterocycles. The Labute approximate surface area is 228 Å². The van der Waals surface area contributed by atoms with E-state index in [1.54, 1.807) is 20.8 Å². The van der Waals surface area contributed by atoms with E-state index in [1.807, 2.05) is 78.9 Å². The van der Waals surface area contributed by atoms with Gasteiger partial charge in [0, 0.05) is 24.1 Å². The number of amidine groups is 1. The molecule has 8 nitrogen and oxygen atoms in total. The second kappa shape index (κ2) is 11.1. The summed E-state index contributed by atoms with van der Waals surface area (Å²) in [5.41, 5.74) is 3.91. The van der Waals surface area contributed by atoms with Crippen molar-refractivity contribution in [3.05, 3.63) is 102 Å². The number of para-hydroxylation sites is 1. The van der Waals surface area contributed by atoms with E-state index in [-0.39, 0.29) is 5.91 Å². The first-order chi connectivity index (χ1) is 18.8. The highest BCUT2D eigenvalue weighted by molar-refractivity contribution is 6.21. The number of rotatable bonds is 6. The highest BCUT2D eigenvalue weighted by Gasteiger charge is 2.35. The zero-order chi connectivity index (χ0) is 27.4. The maximum absolute atomic E-state index is 13.8. The predicted octanol–water partition coefficient (Wildman–Crippen LogP) is 4.33. The standard InChI is InChI=1S/C31H33N5O3/c1-31(2,3)39-30(38)33-24(20-21-12-6-4-7-13-21)29(37)35-27-28-32-18-19-36(28)25-17-11-10-16-23(25)26(34-27)22-14-8-5-9-15-22/h4-17,24,27H,18-20H2,1-3H3,(H,33,38)(H,35,37)/t24-,27-/m0/s1. The molecular weight excluding hydrogens is 490 g/mol. The zero-order valence-corrected chi connectivity index (χ0v) is 22.4. The lowest BCUT2D eigenvalue weighted by Crippen LogP contribution is -2.54. The minimum Gasteiger partial charge on any atom is -0.444 e. The van der Waals surface area contributed by atoms with Gasteiger partial charge < -0.3 is 20.3 Å². The van der Waals surface area contributed by atoms with Gasteiger partial charge in [-0.1, -0.05) is 78.9 Å². The van der Waals surface area contributed by atoms with Crippen LogP contribution in [0.25, 0.3) is 0 Å². The predicted molar refractivity (Wildman–Crippen MR) is 153 cm³/mol. The molecule has 200 valence electrons. The molecule has 39 heavy (non-hydrogen) atoms. The van der Waals surface area contributed by atoms with Crippen molar-refractivity contribution in [1.29, 1.82) is 0 Å². The Balaban J connectivity index is 1.48. The first kappa shape index (κ1) is 26.2. The first-order valence-corrected chi connectivity index (χ1v) is 13.2. The average molecular weight is 524 g/mol. The molecule has 2 amide bonds. The molecule has 0 aromatic heterocycles. The first-order valence-electron chi connectivity index (χ1n) is 13.2. The van der Waals surface area contributed by atoms with E-state index in [0.29, 0.717) is 25.3 Å². The molecule has 2 heterocycles. The van der Waals surface area contributed by atoms with Gasteiger partial charge in [0.15, 0.2) is 6.17 Å². The highest BCUT2D eigenvalue weighted by atomic mass is 16.6. The van der Waals surface area contributed by atoms with Crippen molar-refractivity contribution in [2.24, 2.45) is 9.98 Å². The lowest BCUT2D eigenvalue weighted by Gasteiger charge is -2.26. The summed E-state index contributed by atoms with van der Waals surface area (Å²) in [4.78, 5) is 38.4. The van der Waals surface area contributed by atoms with Crippen LogP contribution in [0.15, 0.2) is 94.9 Å². The minimum absolute atomic E-state index is 0.296. The molecule has 0 unspecified atom stereocenters. The Bertz CT molecular complexity index is 1400. The zero-order valence-electron chi connectivity index (χ0n) is 22.4. The van der Waals surface area contributed by atoms with E-state index in [4.69, 9.17) is 14.7 Å². The molecule has 3 aromatic carbocycles. The van der Waals surface area contributed by atoms with Gasteiger partial charge in [-0.05, 0) is 32.4 Å². The third kappa shape index (κ3) is 6.17. The number of anilines is 1. The SMILES string of the molecule is CC(C)(C)OC(=O)N[C@@H](Cc1ccccc1)C(=O)N[C@@H]1N=C(c2ccccc2)c2ccccc2N2CCN=C12. The Morgan fingerprint density at radius 3 is 2.36 bits per heavy atom. The van der Waals surface area contributed by atoms with Crippen LogP contribution in [0.2, 0.25) is 0 Å². The average Bonchev–Trinajstić information content (AvgIpc) is 3.36. The van der Waals surface area contributed by atoms with Crippen molar-refractivity contribution in [2.45, 2.75) is 45.0 Å².